The Morgan fingerprint density at radius 2 is 1.08 bits per heavy atom. The van der Waals surface area contributed by atoms with Crippen molar-refractivity contribution in [1.29, 1.82) is 0 Å². The van der Waals surface area contributed by atoms with Crippen LogP contribution in [0.1, 0.15) is 44.1 Å². The summed E-state index contributed by atoms with van der Waals surface area (Å²) in [6.45, 7) is 3.00. The van der Waals surface area contributed by atoms with E-state index >= 15 is 0 Å². The van der Waals surface area contributed by atoms with Gasteiger partial charge < -0.3 is 9.84 Å². The van der Waals surface area contributed by atoms with Crippen molar-refractivity contribution in [3.63, 3.8) is 0 Å². The Hall–Kier alpha value is -2.98. The molecule has 0 bridgehead atoms. The molecule has 0 fully saturated rings. The summed E-state index contributed by atoms with van der Waals surface area (Å²) in [6.07, 6.45) is 1.87. The zero-order valence-electron chi connectivity index (χ0n) is 26.7. The lowest BCUT2D eigenvalue weighted by atomic mass is 10.0. The standard InChI is InChI=1S/C16H16ClNO2S.C15H14ClNO2S.2H2O4S/c1-20-16(19)15(12-4-2-3-5-13(12)17)18-8-6-14-11(10-18)7-9-21-14;16-12-4-2-1-3-11(12)14(15(18)19)17-7-5-13-10(9-17)6-8-20-13;2*1-5(2,3)4/h2-5,7,9,15H,6,8,10H2,1H3;1-4,6,8,14H,5,7,9H2,(H,18,19);2*(H2,1,2,3,4)/t15-;14-;;/m00../s1. The minimum Gasteiger partial charge on any atom is -0.480 e. The van der Waals surface area contributed by atoms with Crippen LogP contribution in [0.5, 0.6) is 0 Å². The van der Waals surface area contributed by atoms with Gasteiger partial charge in [0.2, 0.25) is 0 Å². The predicted molar refractivity (Wildman–Crippen MR) is 193 cm³/mol. The van der Waals surface area contributed by atoms with Crippen LogP contribution in [0.3, 0.4) is 0 Å². The van der Waals surface area contributed by atoms with E-state index in [9.17, 15) is 14.7 Å². The first-order chi connectivity index (χ1) is 23.9. The van der Waals surface area contributed by atoms with E-state index < -0.39 is 38.9 Å². The number of hydrogen-bond donors (Lipinski definition) is 5. The molecule has 0 spiro atoms. The molecule has 2 aliphatic heterocycles. The molecular formula is C31H34Cl2N2O12S4. The summed E-state index contributed by atoms with van der Waals surface area (Å²) in [7, 11) is -7.91. The smallest absolute Gasteiger partial charge is 0.394 e. The van der Waals surface area contributed by atoms with E-state index in [0.29, 0.717) is 22.2 Å². The van der Waals surface area contributed by atoms with Gasteiger partial charge in [-0.1, -0.05) is 59.6 Å². The van der Waals surface area contributed by atoms with E-state index in [4.69, 9.17) is 63.0 Å². The molecular weight excluding hydrogens is 792 g/mol. The molecule has 14 nitrogen and oxygen atoms in total. The Balaban J connectivity index is 0.000000219. The number of halogens is 2. The zero-order chi connectivity index (χ0) is 37.9. The number of benzene rings is 2. The highest BCUT2D eigenvalue weighted by Crippen LogP contribution is 2.35. The predicted octanol–water partition coefficient (Wildman–Crippen LogP) is 5.95. The highest BCUT2D eigenvalue weighted by atomic mass is 35.5. The van der Waals surface area contributed by atoms with E-state index in [1.807, 2.05) is 41.3 Å². The molecule has 0 radical (unpaired) electrons. The Morgan fingerprint density at radius 3 is 1.45 bits per heavy atom. The van der Waals surface area contributed by atoms with Gasteiger partial charge in [0.15, 0.2) is 0 Å². The molecule has 5 N–H and O–H groups in total. The van der Waals surface area contributed by atoms with Crippen molar-refractivity contribution in [3.05, 3.63) is 113 Å². The SMILES string of the molecule is COC(=O)[C@H](c1ccccc1Cl)N1CCc2sccc2C1.O=C(O)[C@H](c1ccccc1Cl)N1CCc2sccc2C1.O=S(=O)(O)O.O=S(=O)(O)O. The number of fused-ring (bicyclic) bond motifs is 2. The molecule has 0 saturated heterocycles. The average Bonchev–Trinajstić information content (AvgIpc) is 3.71. The molecule has 4 heterocycles. The molecule has 278 valence electrons. The minimum absolute atomic E-state index is 0.262. The van der Waals surface area contributed by atoms with Crippen molar-refractivity contribution in [2.75, 3.05) is 20.2 Å². The van der Waals surface area contributed by atoms with E-state index in [0.717, 1.165) is 38.0 Å². The second-order valence-electron chi connectivity index (χ2n) is 10.8. The van der Waals surface area contributed by atoms with Crippen LogP contribution in [-0.2, 0) is 61.1 Å². The molecule has 6 rings (SSSR count). The fraction of sp³-hybridized carbons (Fsp3) is 0.290. The highest BCUT2D eigenvalue weighted by Gasteiger charge is 2.33. The van der Waals surface area contributed by atoms with Crippen molar-refractivity contribution in [2.45, 2.75) is 38.0 Å². The number of methoxy groups -OCH3 is 1. The van der Waals surface area contributed by atoms with Crippen molar-refractivity contribution in [2.24, 2.45) is 0 Å². The minimum atomic E-state index is -4.67. The summed E-state index contributed by atoms with van der Waals surface area (Å²) >= 11 is 16.0. The largest absolute Gasteiger partial charge is 0.480 e. The maximum Gasteiger partial charge on any atom is 0.394 e. The third kappa shape index (κ3) is 13.8. The van der Waals surface area contributed by atoms with Gasteiger partial charge in [-0.15, -0.1) is 22.7 Å². The van der Waals surface area contributed by atoms with Crippen LogP contribution < -0.4 is 0 Å². The molecule has 4 aromatic rings. The number of carboxylic acid groups (broad SMARTS) is 1. The molecule has 0 amide bonds. The number of ether oxygens (including phenoxy) is 1. The first kappa shape index (κ1) is 42.4. The third-order valence-electron chi connectivity index (χ3n) is 7.46. The lowest BCUT2D eigenvalue weighted by molar-refractivity contribution is -0.148. The quantitative estimate of drug-likeness (QED) is 0.112. The first-order valence-electron chi connectivity index (χ1n) is 14.6. The summed E-state index contributed by atoms with van der Waals surface area (Å²) in [5, 5.41) is 14.9. The van der Waals surface area contributed by atoms with Crippen LogP contribution in [0.25, 0.3) is 0 Å². The van der Waals surface area contributed by atoms with Gasteiger partial charge in [-0.3, -0.25) is 32.8 Å². The van der Waals surface area contributed by atoms with E-state index in [1.165, 1.54) is 28.0 Å². The summed E-state index contributed by atoms with van der Waals surface area (Å²) in [6, 6.07) is 17.7. The van der Waals surface area contributed by atoms with Crippen molar-refractivity contribution < 1.29 is 54.5 Å². The van der Waals surface area contributed by atoms with Gasteiger partial charge in [0.05, 0.1) is 7.11 Å². The lowest BCUT2D eigenvalue weighted by Gasteiger charge is -2.33. The molecule has 0 saturated carbocycles. The second-order valence-corrected chi connectivity index (χ2v) is 15.4. The maximum atomic E-state index is 12.3. The number of carboxylic acids is 1. The normalized spacial score (nSPS) is 15.5. The van der Waals surface area contributed by atoms with Crippen LogP contribution in [0.15, 0.2) is 71.4 Å². The number of rotatable bonds is 6. The van der Waals surface area contributed by atoms with Gasteiger partial charge in [-0.05, 0) is 70.1 Å². The topological polar surface area (TPSA) is 219 Å². The van der Waals surface area contributed by atoms with Crippen molar-refractivity contribution in [1.82, 2.24) is 9.80 Å². The number of aliphatic carboxylic acids is 1. The molecule has 2 aromatic heterocycles. The van der Waals surface area contributed by atoms with Gasteiger partial charge in [0.25, 0.3) is 0 Å². The third-order valence-corrected chi connectivity index (χ3v) is 10.2. The summed E-state index contributed by atoms with van der Waals surface area (Å²) in [5.41, 5.74) is 4.01. The summed E-state index contributed by atoms with van der Waals surface area (Å²) < 4.78 is 68.2. The highest BCUT2D eigenvalue weighted by molar-refractivity contribution is 7.80. The molecule has 2 aromatic carbocycles. The second kappa shape index (κ2) is 19.2. The van der Waals surface area contributed by atoms with Crippen molar-refractivity contribution >= 4 is 78.6 Å². The molecule has 20 heteroatoms. The zero-order valence-corrected chi connectivity index (χ0v) is 31.5. The van der Waals surface area contributed by atoms with Gasteiger partial charge in [-0.2, -0.15) is 16.8 Å². The van der Waals surface area contributed by atoms with E-state index in [-0.39, 0.29) is 5.97 Å². The van der Waals surface area contributed by atoms with Gasteiger partial charge in [-0.25, -0.2) is 4.79 Å². The molecule has 0 aliphatic carbocycles. The van der Waals surface area contributed by atoms with Crippen LogP contribution in [-0.4, -0.2) is 82.1 Å². The number of thiophene rings is 2. The molecule has 0 unspecified atom stereocenters. The average molecular weight is 826 g/mol. The first-order valence-corrected chi connectivity index (χ1v) is 20.0. The number of carbonyl (C=O) groups is 2. The van der Waals surface area contributed by atoms with Gasteiger partial charge in [0, 0.05) is 46.0 Å². The van der Waals surface area contributed by atoms with Crippen LogP contribution in [0.4, 0.5) is 0 Å². The maximum absolute atomic E-state index is 12.3. The Morgan fingerprint density at radius 1 is 0.706 bits per heavy atom. The lowest BCUT2D eigenvalue weighted by Crippen LogP contribution is -2.38. The molecule has 2 atom stereocenters. The summed E-state index contributed by atoms with van der Waals surface area (Å²) in [5.74, 6) is -1.11. The van der Waals surface area contributed by atoms with Crippen LogP contribution >= 0.6 is 45.9 Å². The van der Waals surface area contributed by atoms with E-state index in [1.54, 1.807) is 34.8 Å². The number of carbonyl (C=O) groups excluding carboxylic acids is 1. The number of esters is 1. The van der Waals surface area contributed by atoms with Crippen LogP contribution in [0, 0.1) is 0 Å². The van der Waals surface area contributed by atoms with Crippen LogP contribution in [0.2, 0.25) is 10.0 Å². The Labute approximate surface area is 313 Å². The van der Waals surface area contributed by atoms with Crippen molar-refractivity contribution in [3.8, 4) is 0 Å². The summed E-state index contributed by atoms with van der Waals surface area (Å²) in [4.78, 5) is 30.9. The fourth-order valence-corrected chi connectivity index (χ4v) is 7.70. The van der Waals surface area contributed by atoms with E-state index in [2.05, 4.69) is 27.8 Å². The van der Waals surface area contributed by atoms with Gasteiger partial charge in [0.1, 0.15) is 12.1 Å². The Bertz CT molecular complexity index is 1960. The van der Waals surface area contributed by atoms with Gasteiger partial charge >= 0.3 is 32.7 Å². The number of hydrogen-bond acceptors (Lipinski definition) is 11. The fourth-order valence-electron chi connectivity index (χ4n) is 5.45. The number of nitrogens with zero attached hydrogens (tertiary/aromatic N) is 2. The monoisotopic (exact) mass is 824 g/mol. The molecule has 51 heavy (non-hydrogen) atoms. The molecule has 2 aliphatic rings. The Kier molecular flexibility index (Phi) is 16.0.